The van der Waals surface area contributed by atoms with E-state index in [1.165, 1.54) is 18.2 Å². The Morgan fingerprint density at radius 3 is 2.12 bits per heavy atom. The summed E-state index contributed by atoms with van der Waals surface area (Å²) in [6.45, 7) is 0. The molecular weight excluding hydrogens is 281 g/mol. The second kappa shape index (κ2) is 5.14. The van der Waals surface area contributed by atoms with Crippen LogP contribution >= 0.6 is 23.2 Å². The van der Waals surface area contributed by atoms with Gasteiger partial charge in [-0.05, 0) is 31.0 Å². The minimum atomic E-state index is -3.51. The molecule has 1 aliphatic carbocycles. The van der Waals surface area contributed by atoms with E-state index in [0.717, 1.165) is 25.7 Å². The second-order valence-corrected chi connectivity index (χ2v) is 6.79. The van der Waals surface area contributed by atoms with Crippen molar-refractivity contribution in [1.82, 2.24) is 4.72 Å². The van der Waals surface area contributed by atoms with E-state index in [0.29, 0.717) is 10.0 Å². The lowest BCUT2D eigenvalue weighted by molar-refractivity contribution is 0.552. The van der Waals surface area contributed by atoms with Crippen LogP contribution in [-0.4, -0.2) is 14.5 Å². The predicted molar refractivity (Wildman–Crippen MR) is 69.0 cm³/mol. The first-order chi connectivity index (χ1) is 7.97. The molecule has 0 saturated heterocycles. The highest BCUT2D eigenvalue weighted by atomic mass is 35.5. The minimum absolute atomic E-state index is 0.0396. The fourth-order valence-electron chi connectivity index (χ4n) is 2.01. The summed E-state index contributed by atoms with van der Waals surface area (Å²) in [5.41, 5.74) is 0. The molecule has 0 radical (unpaired) electrons. The van der Waals surface area contributed by atoms with E-state index in [1.807, 2.05) is 0 Å². The summed E-state index contributed by atoms with van der Waals surface area (Å²) >= 11 is 11.6. The van der Waals surface area contributed by atoms with Crippen molar-refractivity contribution in [2.24, 2.45) is 0 Å². The topological polar surface area (TPSA) is 46.2 Å². The molecule has 1 fully saturated rings. The van der Waals surface area contributed by atoms with Crippen LogP contribution < -0.4 is 4.72 Å². The van der Waals surface area contributed by atoms with E-state index in [2.05, 4.69) is 4.72 Å². The molecule has 6 heteroatoms. The minimum Gasteiger partial charge on any atom is -0.208 e. The normalized spacial score (nSPS) is 17.5. The number of hydrogen-bond acceptors (Lipinski definition) is 2. The zero-order valence-electron chi connectivity index (χ0n) is 9.12. The van der Waals surface area contributed by atoms with Gasteiger partial charge >= 0.3 is 0 Å². The van der Waals surface area contributed by atoms with Crippen LogP contribution in [0, 0.1) is 0 Å². The third kappa shape index (κ3) is 3.35. The summed E-state index contributed by atoms with van der Waals surface area (Å²) in [5, 5.41) is 0.647. The maximum atomic E-state index is 12.1. The van der Waals surface area contributed by atoms with Crippen LogP contribution in [0.15, 0.2) is 23.1 Å². The Balaban J connectivity index is 2.24. The van der Waals surface area contributed by atoms with Gasteiger partial charge in [-0.1, -0.05) is 36.0 Å². The van der Waals surface area contributed by atoms with Crippen LogP contribution in [0.3, 0.4) is 0 Å². The molecule has 0 aliphatic heterocycles. The first-order valence-corrected chi connectivity index (χ1v) is 7.70. The molecule has 0 heterocycles. The lowest BCUT2D eigenvalue weighted by Crippen LogP contribution is -2.32. The lowest BCUT2D eigenvalue weighted by atomic mass is 10.3. The molecule has 1 aliphatic rings. The van der Waals surface area contributed by atoms with Crippen molar-refractivity contribution in [2.75, 3.05) is 0 Å². The quantitative estimate of drug-likeness (QED) is 0.930. The van der Waals surface area contributed by atoms with Gasteiger partial charge < -0.3 is 0 Å². The molecule has 3 nitrogen and oxygen atoms in total. The fourth-order valence-corrected chi connectivity index (χ4v) is 4.05. The summed E-state index contributed by atoms with van der Waals surface area (Å²) in [6, 6.07) is 4.37. The molecule has 0 unspecified atom stereocenters. The fraction of sp³-hybridized carbons (Fsp3) is 0.455. The highest BCUT2D eigenvalue weighted by Gasteiger charge is 2.23. The maximum absolute atomic E-state index is 12.1. The standard InChI is InChI=1S/C11H13Cl2NO2S/c12-8-5-9(13)7-11(6-8)17(15,16)14-10-3-1-2-4-10/h5-7,10,14H,1-4H2. The molecule has 0 amide bonds. The predicted octanol–water partition coefficient (Wildman–Crippen LogP) is 3.21. The Morgan fingerprint density at radius 1 is 1.06 bits per heavy atom. The van der Waals surface area contributed by atoms with Gasteiger partial charge in [0.2, 0.25) is 10.0 Å². The summed E-state index contributed by atoms with van der Waals surface area (Å²) < 4.78 is 26.8. The molecule has 0 aromatic heterocycles. The monoisotopic (exact) mass is 293 g/mol. The molecule has 17 heavy (non-hydrogen) atoms. The zero-order chi connectivity index (χ0) is 12.5. The van der Waals surface area contributed by atoms with E-state index in [4.69, 9.17) is 23.2 Å². The molecule has 1 N–H and O–H groups in total. The van der Waals surface area contributed by atoms with Gasteiger partial charge in [-0.15, -0.1) is 0 Å². The Morgan fingerprint density at radius 2 is 1.59 bits per heavy atom. The first-order valence-electron chi connectivity index (χ1n) is 5.46. The van der Waals surface area contributed by atoms with E-state index in [1.54, 1.807) is 0 Å². The number of nitrogens with one attached hydrogen (secondary N) is 1. The van der Waals surface area contributed by atoms with Gasteiger partial charge in [0.15, 0.2) is 0 Å². The summed E-state index contributed by atoms with van der Waals surface area (Å²) in [7, 11) is -3.51. The maximum Gasteiger partial charge on any atom is 0.240 e. The van der Waals surface area contributed by atoms with Crippen molar-refractivity contribution in [3.8, 4) is 0 Å². The number of halogens is 2. The Bertz CT molecular complexity index is 490. The molecule has 0 spiro atoms. The number of hydrogen-bond donors (Lipinski definition) is 1. The van der Waals surface area contributed by atoms with Gasteiger partial charge in [0.1, 0.15) is 0 Å². The average Bonchev–Trinajstić information content (AvgIpc) is 2.68. The largest absolute Gasteiger partial charge is 0.240 e. The highest BCUT2D eigenvalue weighted by Crippen LogP contribution is 2.24. The van der Waals surface area contributed by atoms with Crippen LogP contribution in [0.5, 0.6) is 0 Å². The Labute approximate surface area is 111 Å². The molecule has 0 atom stereocenters. The van der Waals surface area contributed by atoms with E-state index >= 15 is 0 Å². The molecule has 2 rings (SSSR count). The van der Waals surface area contributed by atoms with Crippen LogP contribution in [0.2, 0.25) is 10.0 Å². The molecule has 0 bridgehead atoms. The van der Waals surface area contributed by atoms with Crippen molar-refractivity contribution < 1.29 is 8.42 Å². The number of benzene rings is 1. The van der Waals surface area contributed by atoms with E-state index < -0.39 is 10.0 Å². The van der Waals surface area contributed by atoms with Gasteiger partial charge in [0, 0.05) is 16.1 Å². The highest BCUT2D eigenvalue weighted by molar-refractivity contribution is 7.89. The van der Waals surface area contributed by atoms with Crippen molar-refractivity contribution >= 4 is 33.2 Å². The molecule has 1 saturated carbocycles. The smallest absolute Gasteiger partial charge is 0.208 e. The van der Waals surface area contributed by atoms with Gasteiger partial charge in [0.05, 0.1) is 4.90 Å². The number of rotatable bonds is 3. The molecule has 1 aromatic rings. The third-order valence-corrected chi connectivity index (χ3v) is 4.76. The average molecular weight is 294 g/mol. The van der Waals surface area contributed by atoms with Crippen LogP contribution in [0.4, 0.5) is 0 Å². The van der Waals surface area contributed by atoms with Gasteiger partial charge in [-0.3, -0.25) is 0 Å². The second-order valence-electron chi connectivity index (χ2n) is 4.21. The van der Waals surface area contributed by atoms with Gasteiger partial charge in [0.25, 0.3) is 0 Å². The van der Waals surface area contributed by atoms with E-state index in [-0.39, 0.29) is 10.9 Å². The van der Waals surface area contributed by atoms with Crippen LogP contribution in [-0.2, 0) is 10.0 Å². The van der Waals surface area contributed by atoms with Gasteiger partial charge in [-0.25, -0.2) is 13.1 Å². The van der Waals surface area contributed by atoms with Crippen LogP contribution in [0.25, 0.3) is 0 Å². The summed E-state index contributed by atoms with van der Waals surface area (Å²) in [4.78, 5) is 0.127. The third-order valence-electron chi connectivity index (χ3n) is 2.82. The molecule has 1 aromatic carbocycles. The van der Waals surface area contributed by atoms with Crippen molar-refractivity contribution in [1.29, 1.82) is 0 Å². The van der Waals surface area contributed by atoms with Crippen molar-refractivity contribution in [3.63, 3.8) is 0 Å². The number of sulfonamides is 1. The van der Waals surface area contributed by atoms with Gasteiger partial charge in [-0.2, -0.15) is 0 Å². The SMILES string of the molecule is O=S(=O)(NC1CCCC1)c1cc(Cl)cc(Cl)c1. The summed E-state index contributed by atoms with van der Waals surface area (Å²) in [5.74, 6) is 0. The zero-order valence-corrected chi connectivity index (χ0v) is 11.4. The van der Waals surface area contributed by atoms with E-state index in [9.17, 15) is 8.42 Å². The Hall–Kier alpha value is -0.290. The van der Waals surface area contributed by atoms with Crippen molar-refractivity contribution in [2.45, 2.75) is 36.6 Å². The molecular formula is C11H13Cl2NO2S. The Kier molecular flexibility index (Phi) is 3.98. The van der Waals surface area contributed by atoms with Crippen molar-refractivity contribution in [3.05, 3.63) is 28.2 Å². The first kappa shape index (κ1) is 13.1. The molecule has 94 valence electrons. The summed E-state index contributed by atoms with van der Waals surface area (Å²) in [6.07, 6.45) is 3.94. The lowest BCUT2D eigenvalue weighted by Gasteiger charge is -2.12. The van der Waals surface area contributed by atoms with Crippen LogP contribution in [0.1, 0.15) is 25.7 Å².